The van der Waals surface area contributed by atoms with Crippen LogP contribution in [-0.4, -0.2) is 53.5 Å². The van der Waals surface area contributed by atoms with Crippen molar-refractivity contribution < 1.29 is 18.7 Å². The lowest BCUT2D eigenvalue weighted by molar-refractivity contribution is -0.0452. The molecule has 1 aliphatic heterocycles. The van der Waals surface area contributed by atoms with E-state index in [0.29, 0.717) is 43.6 Å². The Morgan fingerprint density at radius 2 is 2.00 bits per heavy atom. The van der Waals surface area contributed by atoms with E-state index >= 15 is 0 Å². The zero-order valence-corrected chi connectivity index (χ0v) is 17.4. The van der Waals surface area contributed by atoms with E-state index in [4.69, 9.17) is 16.6 Å². The molecule has 0 bridgehead atoms. The van der Waals surface area contributed by atoms with Crippen LogP contribution in [-0.2, 0) is 0 Å². The van der Waals surface area contributed by atoms with Gasteiger partial charge in [0.25, 0.3) is 5.91 Å². The molecule has 162 valence electrons. The van der Waals surface area contributed by atoms with Crippen LogP contribution in [0.4, 0.5) is 14.6 Å². The van der Waals surface area contributed by atoms with Gasteiger partial charge in [0.1, 0.15) is 5.82 Å². The van der Waals surface area contributed by atoms with Crippen LogP contribution >= 0.6 is 11.6 Å². The quantitative estimate of drug-likeness (QED) is 0.698. The molecule has 2 aliphatic rings. The number of hydrogen-bond donors (Lipinski definition) is 2. The molecule has 2 aromatic rings. The van der Waals surface area contributed by atoms with Gasteiger partial charge in [0.15, 0.2) is 0 Å². The molecule has 0 radical (unpaired) electrons. The first-order valence-corrected chi connectivity index (χ1v) is 10.9. The Balaban J connectivity index is 1.45. The predicted octanol–water partition coefficient (Wildman–Crippen LogP) is 3.83. The van der Waals surface area contributed by atoms with Crippen LogP contribution in [0.5, 0.6) is 0 Å². The highest BCUT2D eigenvalue weighted by Gasteiger charge is 2.35. The number of aliphatic hydroxyl groups is 1. The zero-order chi connectivity index (χ0) is 21.3. The summed E-state index contributed by atoms with van der Waals surface area (Å²) in [7, 11) is 0. The van der Waals surface area contributed by atoms with Crippen molar-refractivity contribution in [2.24, 2.45) is 11.8 Å². The molecule has 2 heterocycles. The van der Waals surface area contributed by atoms with E-state index in [2.05, 4.69) is 5.32 Å². The summed E-state index contributed by atoms with van der Waals surface area (Å²) in [5.41, 5.74) is 1.23. The average Bonchev–Trinajstić information content (AvgIpc) is 3.12. The van der Waals surface area contributed by atoms with E-state index in [0.717, 1.165) is 11.2 Å². The van der Waals surface area contributed by atoms with Gasteiger partial charge in [0.05, 0.1) is 10.9 Å². The number of anilines is 1. The molecule has 2 N–H and O–H groups in total. The average molecular weight is 438 g/mol. The van der Waals surface area contributed by atoms with E-state index < -0.39 is 5.92 Å². The monoisotopic (exact) mass is 437 g/mol. The Morgan fingerprint density at radius 3 is 2.70 bits per heavy atom. The molecule has 1 saturated carbocycles. The minimum absolute atomic E-state index is 0.0148. The molecule has 1 aromatic heterocycles. The number of alkyl halides is 3. The molecule has 2 fully saturated rings. The maximum Gasteiger partial charge on any atom is 0.251 e. The standard InChI is InChI=1S/C22H26ClF2N3O2/c23-18-12-28(11-15(18)13-29)20-5-4-16-17(2-1-3-19(16)27-20)21(30)26-10-14-6-8-22(24,25)9-7-14/h1-5,14-15,18,29H,6-13H2,(H,26,30)/t15-,18?/m1/s1. The fraction of sp³-hybridized carbons (Fsp3) is 0.545. The third-order valence-electron chi connectivity index (χ3n) is 6.27. The Kier molecular flexibility index (Phi) is 6.11. The predicted molar refractivity (Wildman–Crippen MR) is 113 cm³/mol. The number of nitrogens with one attached hydrogen (secondary N) is 1. The number of carbonyl (C=O) groups is 1. The van der Waals surface area contributed by atoms with Gasteiger partial charge in [-0.25, -0.2) is 13.8 Å². The largest absolute Gasteiger partial charge is 0.396 e. The zero-order valence-electron chi connectivity index (χ0n) is 16.7. The second-order valence-electron chi connectivity index (χ2n) is 8.41. The molecule has 1 aliphatic carbocycles. The molecular weight excluding hydrogens is 412 g/mol. The van der Waals surface area contributed by atoms with E-state index in [-0.39, 0.29) is 42.6 Å². The molecule has 1 aromatic carbocycles. The minimum atomic E-state index is -2.56. The lowest BCUT2D eigenvalue weighted by Crippen LogP contribution is -2.34. The number of rotatable bonds is 5. The molecule has 2 atom stereocenters. The number of amides is 1. The van der Waals surface area contributed by atoms with Gasteiger partial charge < -0.3 is 15.3 Å². The number of halogens is 3. The van der Waals surface area contributed by atoms with Crippen molar-refractivity contribution >= 4 is 34.2 Å². The van der Waals surface area contributed by atoms with Gasteiger partial charge >= 0.3 is 0 Å². The first kappa shape index (κ1) is 21.2. The van der Waals surface area contributed by atoms with Crippen LogP contribution in [0.1, 0.15) is 36.0 Å². The van der Waals surface area contributed by atoms with Gasteiger partial charge in [-0.15, -0.1) is 11.6 Å². The summed E-state index contributed by atoms with van der Waals surface area (Å²) in [4.78, 5) is 19.5. The molecule has 1 unspecified atom stereocenters. The number of pyridine rings is 1. The van der Waals surface area contributed by atoms with Crippen molar-refractivity contribution in [1.82, 2.24) is 10.3 Å². The van der Waals surface area contributed by atoms with Gasteiger partial charge in [0.2, 0.25) is 5.92 Å². The van der Waals surface area contributed by atoms with Gasteiger partial charge in [-0.05, 0) is 43.0 Å². The fourth-order valence-electron chi connectivity index (χ4n) is 4.35. The van der Waals surface area contributed by atoms with Crippen molar-refractivity contribution in [1.29, 1.82) is 0 Å². The highest BCUT2D eigenvalue weighted by Crippen LogP contribution is 2.36. The number of nitrogens with zero attached hydrogens (tertiary/aromatic N) is 2. The Hall–Kier alpha value is -1.99. The fourth-order valence-corrected chi connectivity index (χ4v) is 4.67. The molecular formula is C22H26ClF2N3O2. The Labute approximate surface area is 179 Å². The summed E-state index contributed by atoms with van der Waals surface area (Å²) in [6.07, 6.45) is 0.649. The van der Waals surface area contributed by atoms with E-state index in [1.807, 2.05) is 23.1 Å². The third-order valence-corrected chi connectivity index (χ3v) is 6.76. The van der Waals surface area contributed by atoms with Crippen LogP contribution in [0, 0.1) is 11.8 Å². The first-order valence-electron chi connectivity index (χ1n) is 10.4. The van der Waals surface area contributed by atoms with Gasteiger partial charge in [0, 0.05) is 56.0 Å². The normalized spacial score (nSPS) is 24.3. The van der Waals surface area contributed by atoms with Gasteiger partial charge in [-0.3, -0.25) is 4.79 Å². The van der Waals surface area contributed by atoms with E-state index in [1.165, 1.54) is 0 Å². The van der Waals surface area contributed by atoms with Gasteiger partial charge in [-0.2, -0.15) is 0 Å². The van der Waals surface area contributed by atoms with Crippen molar-refractivity contribution in [3.8, 4) is 0 Å². The van der Waals surface area contributed by atoms with E-state index in [1.54, 1.807) is 12.1 Å². The van der Waals surface area contributed by atoms with Crippen LogP contribution in [0.15, 0.2) is 30.3 Å². The van der Waals surface area contributed by atoms with Crippen molar-refractivity contribution in [2.75, 3.05) is 31.1 Å². The van der Waals surface area contributed by atoms with Crippen molar-refractivity contribution in [2.45, 2.75) is 37.0 Å². The number of carbonyl (C=O) groups excluding carboxylic acids is 1. The van der Waals surface area contributed by atoms with Crippen LogP contribution in [0.25, 0.3) is 10.9 Å². The maximum atomic E-state index is 13.3. The summed E-state index contributed by atoms with van der Waals surface area (Å²) in [5, 5.41) is 13.0. The topological polar surface area (TPSA) is 65.5 Å². The smallest absolute Gasteiger partial charge is 0.251 e. The van der Waals surface area contributed by atoms with E-state index in [9.17, 15) is 18.7 Å². The SMILES string of the molecule is O=C(NCC1CCC(F)(F)CC1)c1cccc2nc(N3CC(Cl)[C@@H](CO)C3)ccc12. The molecule has 0 spiro atoms. The molecule has 8 heteroatoms. The number of benzene rings is 1. The molecule has 30 heavy (non-hydrogen) atoms. The summed E-state index contributed by atoms with van der Waals surface area (Å²) in [5.74, 6) is -1.90. The van der Waals surface area contributed by atoms with Crippen molar-refractivity contribution in [3.63, 3.8) is 0 Å². The lowest BCUT2D eigenvalue weighted by Gasteiger charge is -2.28. The number of aromatic nitrogens is 1. The number of aliphatic hydroxyl groups excluding tert-OH is 1. The Bertz CT molecular complexity index is 916. The summed E-state index contributed by atoms with van der Waals surface area (Å²) >= 11 is 6.30. The summed E-state index contributed by atoms with van der Waals surface area (Å²) < 4.78 is 26.6. The lowest BCUT2D eigenvalue weighted by atomic mass is 9.87. The highest BCUT2D eigenvalue weighted by molar-refractivity contribution is 6.21. The van der Waals surface area contributed by atoms with Gasteiger partial charge in [-0.1, -0.05) is 6.07 Å². The summed E-state index contributed by atoms with van der Waals surface area (Å²) in [6.45, 7) is 1.71. The molecule has 1 amide bonds. The molecule has 4 rings (SSSR count). The number of hydrogen-bond acceptors (Lipinski definition) is 4. The molecule has 5 nitrogen and oxygen atoms in total. The Morgan fingerprint density at radius 1 is 1.23 bits per heavy atom. The third kappa shape index (κ3) is 4.52. The van der Waals surface area contributed by atoms with Crippen LogP contribution in [0.2, 0.25) is 0 Å². The van der Waals surface area contributed by atoms with Crippen molar-refractivity contribution in [3.05, 3.63) is 35.9 Å². The second kappa shape index (κ2) is 8.63. The number of fused-ring (bicyclic) bond motifs is 1. The maximum absolute atomic E-state index is 13.3. The minimum Gasteiger partial charge on any atom is -0.396 e. The van der Waals surface area contributed by atoms with Crippen LogP contribution in [0.3, 0.4) is 0 Å². The first-order chi connectivity index (χ1) is 14.4. The second-order valence-corrected chi connectivity index (χ2v) is 8.98. The van der Waals surface area contributed by atoms with Crippen LogP contribution < -0.4 is 10.2 Å². The summed E-state index contributed by atoms with van der Waals surface area (Å²) in [6, 6.07) is 9.14. The molecule has 1 saturated heterocycles. The highest BCUT2D eigenvalue weighted by atomic mass is 35.5.